The molecule has 0 radical (unpaired) electrons. The monoisotopic (exact) mass is 332 g/mol. The molecule has 0 unspecified atom stereocenters. The Morgan fingerprint density at radius 2 is 2.25 bits per heavy atom. The van der Waals surface area contributed by atoms with Gasteiger partial charge in [0.1, 0.15) is 0 Å². The number of nitrogens with one attached hydrogen (secondary N) is 1. The van der Waals surface area contributed by atoms with Crippen LogP contribution >= 0.6 is 22.9 Å². The Bertz CT molecular complexity index is 706. The average Bonchev–Trinajstić information content (AvgIpc) is 3.06. The molecule has 20 heavy (non-hydrogen) atoms. The fraction of sp³-hybridized carbons (Fsp3) is 0.455. The van der Waals surface area contributed by atoms with Crippen LogP contribution in [0.4, 0.5) is 0 Å². The van der Waals surface area contributed by atoms with Gasteiger partial charge in [-0.15, -0.1) is 16.4 Å². The van der Waals surface area contributed by atoms with Gasteiger partial charge in [-0.3, -0.25) is 0 Å². The normalized spacial score (nSPS) is 15.7. The third-order valence-electron chi connectivity index (χ3n) is 2.95. The van der Waals surface area contributed by atoms with Crippen molar-refractivity contribution in [3.8, 4) is 0 Å². The first-order valence-corrected chi connectivity index (χ1v) is 8.89. The van der Waals surface area contributed by atoms with Crippen molar-refractivity contribution in [2.45, 2.75) is 31.2 Å². The zero-order valence-electron chi connectivity index (χ0n) is 10.5. The van der Waals surface area contributed by atoms with Gasteiger partial charge < -0.3 is 0 Å². The van der Waals surface area contributed by atoms with E-state index in [-0.39, 0.29) is 11.8 Å². The summed E-state index contributed by atoms with van der Waals surface area (Å²) in [6, 6.07) is 3.77. The first kappa shape index (κ1) is 14.0. The smallest absolute Gasteiger partial charge is 0.214 e. The Hall–Kier alpha value is -0.960. The number of sulfonamides is 1. The molecule has 9 heteroatoms. The molecule has 1 saturated carbocycles. The molecule has 0 saturated heterocycles. The van der Waals surface area contributed by atoms with E-state index in [2.05, 4.69) is 15.0 Å². The van der Waals surface area contributed by atoms with Gasteiger partial charge in [-0.25, -0.2) is 17.8 Å². The highest BCUT2D eigenvalue weighted by molar-refractivity contribution is 7.90. The molecule has 0 bridgehead atoms. The summed E-state index contributed by atoms with van der Waals surface area (Å²) in [5.41, 5.74) is 0.608. The van der Waals surface area contributed by atoms with Crippen LogP contribution in [0.15, 0.2) is 18.3 Å². The molecule has 0 spiro atoms. The van der Waals surface area contributed by atoms with Gasteiger partial charge in [0, 0.05) is 4.88 Å². The number of hydrogen-bond acceptors (Lipinski definition) is 5. The lowest BCUT2D eigenvalue weighted by molar-refractivity contribution is 0.579. The Morgan fingerprint density at radius 1 is 1.45 bits per heavy atom. The predicted octanol–water partition coefficient (Wildman–Crippen LogP) is 1.62. The molecule has 2 heterocycles. The lowest BCUT2D eigenvalue weighted by atomic mass is 10.4. The third kappa shape index (κ3) is 3.38. The molecule has 0 amide bonds. The molecule has 0 atom stereocenters. The van der Waals surface area contributed by atoms with Crippen molar-refractivity contribution < 1.29 is 8.42 Å². The van der Waals surface area contributed by atoms with Gasteiger partial charge in [-0.05, 0) is 25.0 Å². The summed E-state index contributed by atoms with van der Waals surface area (Å²) in [5, 5.41) is 7.72. The van der Waals surface area contributed by atoms with Crippen LogP contribution in [0.25, 0.3) is 0 Å². The Labute approximate surface area is 125 Å². The minimum Gasteiger partial charge on any atom is -0.247 e. The van der Waals surface area contributed by atoms with Gasteiger partial charge in [-0.2, -0.15) is 0 Å². The van der Waals surface area contributed by atoms with E-state index in [1.54, 1.807) is 10.9 Å². The molecule has 2 aromatic rings. The van der Waals surface area contributed by atoms with E-state index in [1.807, 2.05) is 12.1 Å². The van der Waals surface area contributed by atoms with Crippen LogP contribution in [0.3, 0.4) is 0 Å². The van der Waals surface area contributed by atoms with Crippen LogP contribution in [0, 0.1) is 0 Å². The SMILES string of the molecule is O=S(=O)(NCc1cn(Cc2ccc(Cl)s2)nn1)C1CC1. The highest BCUT2D eigenvalue weighted by atomic mass is 35.5. The van der Waals surface area contributed by atoms with Crippen LogP contribution in [0.2, 0.25) is 4.34 Å². The molecule has 2 aromatic heterocycles. The maximum Gasteiger partial charge on any atom is 0.214 e. The minimum absolute atomic E-state index is 0.185. The highest BCUT2D eigenvalue weighted by Crippen LogP contribution is 2.27. The number of halogens is 1. The van der Waals surface area contributed by atoms with Crippen molar-refractivity contribution >= 4 is 33.0 Å². The van der Waals surface area contributed by atoms with Crippen molar-refractivity contribution in [1.29, 1.82) is 0 Å². The second-order valence-corrected chi connectivity index (χ2v) is 8.52. The van der Waals surface area contributed by atoms with Crippen molar-refractivity contribution in [1.82, 2.24) is 19.7 Å². The molecule has 108 valence electrons. The fourth-order valence-electron chi connectivity index (χ4n) is 1.76. The molecule has 1 fully saturated rings. The van der Waals surface area contributed by atoms with Crippen LogP contribution in [0.5, 0.6) is 0 Å². The minimum atomic E-state index is -3.17. The van der Waals surface area contributed by atoms with E-state index >= 15 is 0 Å². The Kier molecular flexibility index (Phi) is 3.80. The Balaban J connectivity index is 1.59. The molecule has 3 rings (SSSR count). The topological polar surface area (TPSA) is 76.9 Å². The van der Waals surface area contributed by atoms with Crippen LogP contribution in [-0.2, 0) is 23.1 Å². The summed E-state index contributed by atoms with van der Waals surface area (Å²) in [5.74, 6) is 0. The van der Waals surface area contributed by atoms with Crippen molar-refractivity contribution in [2.24, 2.45) is 0 Å². The van der Waals surface area contributed by atoms with Crippen molar-refractivity contribution in [3.05, 3.63) is 33.2 Å². The zero-order chi connectivity index (χ0) is 14.2. The number of nitrogens with zero attached hydrogens (tertiary/aromatic N) is 3. The zero-order valence-corrected chi connectivity index (χ0v) is 12.9. The van der Waals surface area contributed by atoms with Crippen LogP contribution in [-0.4, -0.2) is 28.7 Å². The highest BCUT2D eigenvalue weighted by Gasteiger charge is 2.35. The number of thiophene rings is 1. The molecule has 1 N–H and O–H groups in total. The fourth-order valence-corrected chi connectivity index (χ4v) is 4.19. The van der Waals surface area contributed by atoms with E-state index in [4.69, 9.17) is 11.6 Å². The lowest BCUT2D eigenvalue weighted by Crippen LogP contribution is -2.26. The predicted molar refractivity (Wildman–Crippen MR) is 77.2 cm³/mol. The molecule has 6 nitrogen and oxygen atoms in total. The van der Waals surface area contributed by atoms with Gasteiger partial charge in [-0.1, -0.05) is 16.8 Å². The maximum absolute atomic E-state index is 11.7. The molecular formula is C11H13ClN4O2S2. The summed E-state index contributed by atoms with van der Waals surface area (Å²) < 4.78 is 28.3. The summed E-state index contributed by atoms with van der Waals surface area (Å²) in [6.45, 7) is 0.768. The van der Waals surface area contributed by atoms with Crippen molar-refractivity contribution in [2.75, 3.05) is 0 Å². The molecule has 0 aromatic carbocycles. The average molecular weight is 333 g/mol. The second-order valence-electron chi connectivity index (χ2n) is 4.68. The number of aromatic nitrogens is 3. The van der Waals surface area contributed by atoms with E-state index in [0.717, 1.165) is 22.1 Å². The van der Waals surface area contributed by atoms with E-state index in [9.17, 15) is 8.42 Å². The van der Waals surface area contributed by atoms with Crippen molar-refractivity contribution in [3.63, 3.8) is 0 Å². The lowest BCUT2D eigenvalue weighted by Gasteiger charge is -2.01. The first-order valence-electron chi connectivity index (χ1n) is 6.14. The summed E-state index contributed by atoms with van der Waals surface area (Å²) in [4.78, 5) is 1.07. The van der Waals surface area contributed by atoms with E-state index in [0.29, 0.717) is 12.2 Å². The summed E-state index contributed by atoms with van der Waals surface area (Å²) in [7, 11) is -3.17. The van der Waals surface area contributed by atoms with Crippen LogP contribution < -0.4 is 4.72 Å². The van der Waals surface area contributed by atoms with Gasteiger partial charge in [0.15, 0.2) is 0 Å². The Morgan fingerprint density at radius 3 is 2.90 bits per heavy atom. The first-order chi connectivity index (χ1) is 9.53. The standard InChI is InChI=1S/C11H13ClN4O2S2/c12-11-4-1-9(19-11)7-16-6-8(14-15-16)5-13-20(17,18)10-2-3-10/h1,4,6,10,13H,2-3,5,7H2. The molecule has 1 aliphatic carbocycles. The largest absolute Gasteiger partial charge is 0.247 e. The second kappa shape index (κ2) is 5.44. The third-order valence-corrected chi connectivity index (χ3v) is 6.06. The summed E-state index contributed by atoms with van der Waals surface area (Å²) in [6.07, 6.45) is 3.24. The number of hydrogen-bond donors (Lipinski definition) is 1. The van der Waals surface area contributed by atoms with Gasteiger partial charge in [0.2, 0.25) is 10.0 Å². The van der Waals surface area contributed by atoms with E-state index in [1.165, 1.54) is 11.3 Å². The van der Waals surface area contributed by atoms with Crippen LogP contribution in [0.1, 0.15) is 23.4 Å². The molecule has 0 aliphatic heterocycles. The summed E-state index contributed by atoms with van der Waals surface area (Å²) >= 11 is 7.35. The van der Waals surface area contributed by atoms with Gasteiger partial charge >= 0.3 is 0 Å². The molecular weight excluding hydrogens is 320 g/mol. The van der Waals surface area contributed by atoms with E-state index < -0.39 is 10.0 Å². The quantitative estimate of drug-likeness (QED) is 0.872. The number of rotatable bonds is 6. The van der Waals surface area contributed by atoms with Gasteiger partial charge in [0.05, 0.1) is 34.6 Å². The maximum atomic E-state index is 11.7. The molecule has 1 aliphatic rings. The van der Waals surface area contributed by atoms with Gasteiger partial charge in [0.25, 0.3) is 0 Å².